The minimum Gasteiger partial charge on any atom is -0.450 e. The summed E-state index contributed by atoms with van der Waals surface area (Å²) in [4.78, 5) is 17.3. The summed E-state index contributed by atoms with van der Waals surface area (Å²) < 4.78 is 4.99. The van der Waals surface area contributed by atoms with Gasteiger partial charge in [-0.3, -0.25) is 4.99 Å². The van der Waals surface area contributed by atoms with Crippen LogP contribution in [0.4, 0.5) is 4.79 Å². The number of ether oxygens (including phenoxy) is 1. The molecule has 2 atom stereocenters. The van der Waals surface area contributed by atoms with Crippen molar-refractivity contribution in [2.24, 2.45) is 16.8 Å². The number of carbonyl (C=O) groups is 1. The maximum atomic E-state index is 11.7. The molecule has 1 fully saturated rings. The summed E-state index contributed by atoms with van der Waals surface area (Å²) >= 11 is 1.80. The average molecular weight is 367 g/mol. The summed E-state index contributed by atoms with van der Waals surface area (Å²) in [5.41, 5.74) is 0. The standard InChI is InChI=1S/C18H30N4O2S/c1-4-24-18(23)22-16(14-7-8-14)12-21-17(19-3)20-11-13(2)10-15-6-5-9-25-15/h5-6,9,13-14,16H,4,7-8,10-12H2,1-3H3,(H,22,23)(H2,19,20,21). The molecule has 1 amide bonds. The van der Waals surface area contributed by atoms with E-state index in [4.69, 9.17) is 4.74 Å². The number of thiophene rings is 1. The van der Waals surface area contributed by atoms with E-state index in [2.05, 4.69) is 45.4 Å². The van der Waals surface area contributed by atoms with Crippen molar-refractivity contribution in [1.82, 2.24) is 16.0 Å². The first-order valence-corrected chi connectivity index (χ1v) is 9.90. The monoisotopic (exact) mass is 366 g/mol. The Balaban J connectivity index is 1.71. The normalized spacial score (nSPS) is 16.8. The highest BCUT2D eigenvalue weighted by Gasteiger charge is 2.32. The Bertz CT molecular complexity index is 543. The van der Waals surface area contributed by atoms with Gasteiger partial charge in [0.1, 0.15) is 0 Å². The zero-order valence-electron chi connectivity index (χ0n) is 15.4. The number of guanidine groups is 1. The molecule has 7 heteroatoms. The van der Waals surface area contributed by atoms with Gasteiger partial charge in [-0.05, 0) is 49.5 Å². The molecule has 0 aliphatic heterocycles. The SMILES string of the molecule is CCOC(=O)NC(CNC(=NC)NCC(C)Cc1cccs1)C1CC1. The Kier molecular flexibility index (Phi) is 8.04. The van der Waals surface area contributed by atoms with Crippen LogP contribution in [0.2, 0.25) is 0 Å². The van der Waals surface area contributed by atoms with Gasteiger partial charge in [-0.15, -0.1) is 11.3 Å². The highest BCUT2D eigenvalue weighted by molar-refractivity contribution is 7.09. The zero-order valence-corrected chi connectivity index (χ0v) is 16.2. The van der Waals surface area contributed by atoms with Crippen LogP contribution >= 0.6 is 11.3 Å². The Morgan fingerprint density at radius 2 is 2.16 bits per heavy atom. The lowest BCUT2D eigenvalue weighted by Gasteiger charge is -2.21. The maximum Gasteiger partial charge on any atom is 0.407 e. The predicted molar refractivity (Wildman–Crippen MR) is 103 cm³/mol. The van der Waals surface area contributed by atoms with Crippen molar-refractivity contribution in [3.63, 3.8) is 0 Å². The first-order chi connectivity index (χ1) is 12.1. The Morgan fingerprint density at radius 3 is 2.76 bits per heavy atom. The van der Waals surface area contributed by atoms with Crippen molar-refractivity contribution in [3.05, 3.63) is 22.4 Å². The van der Waals surface area contributed by atoms with E-state index in [9.17, 15) is 4.79 Å². The Hall–Kier alpha value is -1.76. The third kappa shape index (κ3) is 7.34. The summed E-state index contributed by atoms with van der Waals surface area (Å²) in [5, 5.41) is 11.8. The molecule has 140 valence electrons. The molecule has 0 bridgehead atoms. The van der Waals surface area contributed by atoms with Gasteiger partial charge >= 0.3 is 6.09 Å². The van der Waals surface area contributed by atoms with Crippen LogP contribution in [0.3, 0.4) is 0 Å². The van der Waals surface area contributed by atoms with E-state index in [-0.39, 0.29) is 12.1 Å². The van der Waals surface area contributed by atoms with E-state index in [0.29, 0.717) is 25.0 Å². The van der Waals surface area contributed by atoms with Gasteiger partial charge in [-0.25, -0.2) is 4.79 Å². The molecule has 6 nitrogen and oxygen atoms in total. The fourth-order valence-electron chi connectivity index (χ4n) is 2.70. The van der Waals surface area contributed by atoms with Gasteiger partial charge in [0.25, 0.3) is 0 Å². The van der Waals surface area contributed by atoms with E-state index in [1.165, 1.54) is 4.88 Å². The highest BCUT2D eigenvalue weighted by atomic mass is 32.1. The number of carbonyl (C=O) groups excluding carboxylic acids is 1. The first kappa shape index (κ1) is 19.6. The molecule has 0 spiro atoms. The number of aliphatic imine (C=N–C) groups is 1. The molecule has 0 saturated heterocycles. The number of hydrogen-bond donors (Lipinski definition) is 3. The predicted octanol–water partition coefficient (Wildman–Crippen LogP) is 2.62. The van der Waals surface area contributed by atoms with Crippen LogP contribution in [-0.4, -0.2) is 44.8 Å². The van der Waals surface area contributed by atoms with Gasteiger partial charge in [-0.1, -0.05) is 13.0 Å². The average Bonchev–Trinajstić information content (AvgIpc) is 3.31. The Labute approximate surface area is 154 Å². The second-order valence-corrected chi connectivity index (χ2v) is 7.56. The van der Waals surface area contributed by atoms with Crippen LogP contribution in [-0.2, 0) is 11.2 Å². The number of alkyl carbamates (subject to hydrolysis) is 1. The molecule has 2 unspecified atom stereocenters. The minimum absolute atomic E-state index is 0.0844. The fraction of sp³-hybridized carbons (Fsp3) is 0.667. The van der Waals surface area contributed by atoms with Gasteiger partial charge in [-0.2, -0.15) is 0 Å². The summed E-state index contributed by atoms with van der Waals surface area (Å²) in [6.45, 7) is 5.95. The summed E-state index contributed by atoms with van der Waals surface area (Å²) in [5.74, 6) is 1.83. The van der Waals surface area contributed by atoms with Crippen LogP contribution in [0.15, 0.2) is 22.5 Å². The third-order valence-electron chi connectivity index (χ3n) is 4.23. The molecule has 0 radical (unpaired) electrons. The van der Waals surface area contributed by atoms with Gasteiger partial charge in [0, 0.05) is 25.0 Å². The molecular formula is C18H30N4O2S. The second kappa shape index (κ2) is 10.3. The smallest absolute Gasteiger partial charge is 0.407 e. The zero-order chi connectivity index (χ0) is 18.1. The van der Waals surface area contributed by atoms with Crippen LogP contribution in [0.5, 0.6) is 0 Å². The van der Waals surface area contributed by atoms with E-state index >= 15 is 0 Å². The van der Waals surface area contributed by atoms with Crippen LogP contribution in [0.25, 0.3) is 0 Å². The fourth-order valence-corrected chi connectivity index (χ4v) is 3.57. The minimum atomic E-state index is -0.339. The van der Waals surface area contributed by atoms with E-state index in [1.807, 2.05) is 6.92 Å². The number of rotatable bonds is 9. The lowest BCUT2D eigenvalue weighted by atomic mass is 10.1. The highest BCUT2D eigenvalue weighted by Crippen LogP contribution is 2.32. The van der Waals surface area contributed by atoms with Crippen molar-refractivity contribution in [1.29, 1.82) is 0 Å². The van der Waals surface area contributed by atoms with Gasteiger partial charge < -0.3 is 20.7 Å². The number of nitrogens with zero attached hydrogens (tertiary/aromatic N) is 1. The molecule has 1 aliphatic carbocycles. The lowest BCUT2D eigenvalue weighted by Crippen LogP contribution is -2.48. The number of hydrogen-bond acceptors (Lipinski definition) is 4. The molecule has 2 rings (SSSR count). The van der Waals surface area contributed by atoms with Crippen LogP contribution < -0.4 is 16.0 Å². The van der Waals surface area contributed by atoms with E-state index in [0.717, 1.165) is 31.8 Å². The molecule has 1 aliphatic rings. The topological polar surface area (TPSA) is 74.8 Å². The molecule has 3 N–H and O–H groups in total. The summed E-state index contributed by atoms with van der Waals surface area (Å²) in [6, 6.07) is 4.35. The largest absolute Gasteiger partial charge is 0.450 e. The number of amides is 1. The van der Waals surface area contributed by atoms with Crippen molar-refractivity contribution in [3.8, 4) is 0 Å². The quantitative estimate of drug-likeness (QED) is 0.464. The van der Waals surface area contributed by atoms with Crippen LogP contribution in [0, 0.1) is 11.8 Å². The second-order valence-electron chi connectivity index (χ2n) is 6.53. The summed E-state index contributed by atoms with van der Waals surface area (Å²) in [6.07, 6.45) is 3.04. The van der Waals surface area contributed by atoms with E-state index in [1.54, 1.807) is 18.4 Å². The van der Waals surface area contributed by atoms with Crippen molar-refractivity contribution in [2.75, 3.05) is 26.7 Å². The van der Waals surface area contributed by atoms with Crippen molar-refractivity contribution < 1.29 is 9.53 Å². The molecule has 1 aromatic heterocycles. The molecule has 0 aromatic carbocycles. The molecule has 1 heterocycles. The number of nitrogens with one attached hydrogen (secondary N) is 3. The maximum absolute atomic E-state index is 11.7. The summed E-state index contributed by atoms with van der Waals surface area (Å²) in [7, 11) is 1.77. The molecule has 1 saturated carbocycles. The van der Waals surface area contributed by atoms with Gasteiger partial charge in [0.15, 0.2) is 5.96 Å². The molecular weight excluding hydrogens is 336 g/mol. The first-order valence-electron chi connectivity index (χ1n) is 9.02. The third-order valence-corrected chi connectivity index (χ3v) is 5.13. The van der Waals surface area contributed by atoms with Crippen LogP contribution in [0.1, 0.15) is 31.6 Å². The van der Waals surface area contributed by atoms with Crippen molar-refractivity contribution >= 4 is 23.4 Å². The molecule has 25 heavy (non-hydrogen) atoms. The van der Waals surface area contributed by atoms with E-state index < -0.39 is 0 Å². The Morgan fingerprint density at radius 1 is 1.40 bits per heavy atom. The van der Waals surface area contributed by atoms with Gasteiger partial charge in [0.2, 0.25) is 0 Å². The lowest BCUT2D eigenvalue weighted by molar-refractivity contribution is 0.146. The van der Waals surface area contributed by atoms with Crippen molar-refractivity contribution in [2.45, 2.75) is 39.2 Å². The molecule has 1 aromatic rings. The van der Waals surface area contributed by atoms with Gasteiger partial charge in [0.05, 0.1) is 12.6 Å².